The number of hydrogen-bond acceptors (Lipinski definition) is 3. The second kappa shape index (κ2) is 3.78. The molecule has 0 aromatic carbocycles. The van der Waals surface area contributed by atoms with Crippen molar-refractivity contribution in [1.82, 2.24) is 4.90 Å². The van der Waals surface area contributed by atoms with Gasteiger partial charge in [-0.3, -0.25) is 9.69 Å². The molecule has 1 fully saturated rings. The minimum atomic E-state index is 0.254. The molecule has 0 bridgehead atoms. The van der Waals surface area contributed by atoms with Crippen molar-refractivity contribution in [3.8, 4) is 0 Å². The van der Waals surface area contributed by atoms with Gasteiger partial charge >= 0.3 is 0 Å². The van der Waals surface area contributed by atoms with Crippen molar-refractivity contribution < 1.29 is 4.79 Å². The molecule has 1 aliphatic heterocycles. The van der Waals surface area contributed by atoms with E-state index in [1.165, 1.54) is 11.8 Å². The molecule has 2 nitrogen and oxygen atoms in total. The molecule has 1 saturated heterocycles. The maximum Gasteiger partial charge on any atom is 0.202 e. The fourth-order valence-corrected chi connectivity index (χ4v) is 1.65. The summed E-state index contributed by atoms with van der Waals surface area (Å²) in [5, 5.41) is 0.254. The molecule has 0 amide bonds. The summed E-state index contributed by atoms with van der Waals surface area (Å²) in [5.41, 5.74) is 0. The first kappa shape index (κ1) is 7.82. The summed E-state index contributed by atoms with van der Waals surface area (Å²) < 4.78 is 0. The Morgan fingerprint density at radius 1 is 1.70 bits per heavy atom. The average molecular weight is 156 g/mol. The molecule has 0 unspecified atom stereocenters. The van der Waals surface area contributed by atoms with Crippen LogP contribution in [0.3, 0.4) is 0 Å². The van der Waals surface area contributed by atoms with Crippen molar-refractivity contribution >= 4 is 16.9 Å². The SMILES string of the molecule is C=C[CH]N1CCSC(=O)C1. The van der Waals surface area contributed by atoms with Gasteiger partial charge in [0.05, 0.1) is 6.54 Å². The van der Waals surface area contributed by atoms with Crippen LogP contribution < -0.4 is 0 Å². The van der Waals surface area contributed by atoms with Gasteiger partial charge in [-0.2, -0.15) is 0 Å². The number of rotatable bonds is 2. The summed E-state index contributed by atoms with van der Waals surface area (Å²) in [6.45, 7) is 6.92. The van der Waals surface area contributed by atoms with E-state index in [0.29, 0.717) is 6.54 Å². The summed E-state index contributed by atoms with van der Waals surface area (Å²) in [4.78, 5) is 12.8. The van der Waals surface area contributed by atoms with E-state index < -0.39 is 0 Å². The van der Waals surface area contributed by atoms with Crippen molar-refractivity contribution in [2.45, 2.75) is 0 Å². The minimum Gasteiger partial charge on any atom is -0.286 e. The number of hydrogen-bond donors (Lipinski definition) is 0. The van der Waals surface area contributed by atoms with Crippen LogP contribution in [0.15, 0.2) is 12.7 Å². The van der Waals surface area contributed by atoms with Gasteiger partial charge in [-0.15, -0.1) is 6.58 Å². The Bertz CT molecular complexity index is 147. The lowest BCUT2D eigenvalue weighted by atomic mass is 10.4. The van der Waals surface area contributed by atoms with Gasteiger partial charge in [-0.1, -0.05) is 17.8 Å². The molecule has 1 aliphatic rings. The van der Waals surface area contributed by atoms with E-state index in [9.17, 15) is 4.79 Å². The van der Waals surface area contributed by atoms with Gasteiger partial charge in [0.1, 0.15) is 0 Å². The van der Waals surface area contributed by atoms with Gasteiger partial charge in [-0.25, -0.2) is 0 Å². The molecule has 0 N–H and O–H groups in total. The van der Waals surface area contributed by atoms with E-state index in [1.54, 1.807) is 6.08 Å². The fraction of sp³-hybridized carbons (Fsp3) is 0.429. The van der Waals surface area contributed by atoms with Gasteiger partial charge in [0, 0.05) is 18.8 Å². The zero-order valence-electron chi connectivity index (χ0n) is 5.75. The number of thioether (sulfide) groups is 1. The molecule has 0 spiro atoms. The molecule has 3 heteroatoms. The monoisotopic (exact) mass is 156 g/mol. The number of carbonyl (C=O) groups excluding carboxylic acids is 1. The quantitative estimate of drug-likeness (QED) is 0.592. The van der Waals surface area contributed by atoms with Crippen LogP contribution in [0.1, 0.15) is 0 Å². The van der Waals surface area contributed by atoms with Crippen molar-refractivity contribution in [1.29, 1.82) is 0 Å². The van der Waals surface area contributed by atoms with Crippen molar-refractivity contribution in [2.75, 3.05) is 18.8 Å². The highest BCUT2D eigenvalue weighted by Gasteiger charge is 2.15. The third-order valence-corrected chi connectivity index (χ3v) is 2.13. The largest absolute Gasteiger partial charge is 0.286 e. The Morgan fingerprint density at radius 3 is 3.10 bits per heavy atom. The maximum absolute atomic E-state index is 10.8. The molecule has 55 valence electrons. The van der Waals surface area contributed by atoms with E-state index in [1.807, 2.05) is 11.4 Å². The summed E-state index contributed by atoms with van der Waals surface area (Å²) in [5.74, 6) is 0.906. The molecule has 0 aromatic heterocycles. The smallest absolute Gasteiger partial charge is 0.202 e. The Hall–Kier alpha value is -0.280. The molecule has 0 aromatic rings. The predicted molar refractivity (Wildman–Crippen MR) is 43.5 cm³/mol. The molecular formula is C7H10NOS. The highest BCUT2D eigenvalue weighted by Crippen LogP contribution is 2.11. The van der Waals surface area contributed by atoms with Gasteiger partial charge in [0.25, 0.3) is 0 Å². The zero-order valence-corrected chi connectivity index (χ0v) is 6.56. The molecule has 0 saturated carbocycles. The van der Waals surface area contributed by atoms with Crippen LogP contribution >= 0.6 is 11.8 Å². The van der Waals surface area contributed by atoms with Gasteiger partial charge in [0.15, 0.2) is 0 Å². The first-order chi connectivity index (χ1) is 4.83. The zero-order chi connectivity index (χ0) is 7.40. The summed E-state index contributed by atoms with van der Waals surface area (Å²) >= 11 is 1.41. The molecule has 0 atom stereocenters. The highest BCUT2D eigenvalue weighted by atomic mass is 32.2. The maximum atomic E-state index is 10.8. The lowest BCUT2D eigenvalue weighted by molar-refractivity contribution is -0.112. The van der Waals surface area contributed by atoms with Crippen LogP contribution in [0.25, 0.3) is 0 Å². The fourth-order valence-electron chi connectivity index (χ4n) is 0.844. The van der Waals surface area contributed by atoms with E-state index in [0.717, 1.165) is 12.3 Å². The van der Waals surface area contributed by atoms with E-state index in [-0.39, 0.29) is 5.12 Å². The average Bonchev–Trinajstić information content (AvgIpc) is 1.88. The summed E-state index contributed by atoms with van der Waals surface area (Å²) in [6, 6.07) is 0. The van der Waals surface area contributed by atoms with E-state index in [2.05, 4.69) is 6.58 Å². The summed E-state index contributed by atoms with van der Waals surface area (Å²) in [6.07, 6.45) is 1.71. The second-order valence-corrected chi connectivity index (χ2v) is 3.23. The van der Waals surface area contributed by atoms with Crippen LogP contribution in [-0.2, 0) is 4.79 Å². The molecular weight excluding hydrogens is 146 g/mol. The Balaban J connectivity index is 2.31. The van der Waals surface area contributed by atoms with Crippen LogP contribution in [-0.4, -0.2) is 28.9 Å². The van der Waals surface area contributed by atoms with Crippen LogP contribution in [0.4, 0.5) is 0 Å². The van der Waals surface area contributed by atoms with Crippen LogP contribution in [0.2, 0.25) is 0 Å². The van der Waals surface area contributed by atoms with Crippen LogP contribution in [0.5, 0.6) is 0 Å². The first-order valence-corrected chi connectivity index (χ1v) is 4.17. The third-order valence-electron chi connectivity index (χ3n) is 1.29. The van der Waals surface area contributed by atoms with Crippen molar-refractivity contribution in [3.05, 3.63) is 19.2 Å². The molecule has 1 rings (SSSR count). The Labute approximate surface area is 65.3 Å². The minimum absolute atomic E-state index is 0.254. The summed E-state index contributed by atoms with van der Waals surface area (Å²) in [7, 11) is 0. The topological polar surface area (TPSA) is 20.3 Å². The molecule has 1 heterocycles. The molecule has 1 radical (unpaired) electrons. The third kappa shape index (κ3) is 2.15. The van der Waals surface area contributed by atoms with Crippen molar-refractivity contribution in [3.63, 3.8) is 0 Å². The van der Waals surface area contributed by atoms with Gasteiger partial charge in [0.2, 0.25) is 5.12 Å². The van der Waals surface area contributed by atoms with Gasteiger partial charge < -0.3 is 0 Å². The Morgan fingerprint density at radius 2 is 2.50 bits per heavy atom. The van der Waals surface area contributed by atoms with Crippen molar-refractivity contribution in [2.24, 2.45) is 0 Å². The number of carbonyl (C=O) groups is 1. The lowest BCUT2D eigenvalue weighted by Gasteiger charge is -2.22. The lowest BCUT2D eigenvalue weighted by Crippen LogP contribution is -2.32. The van der Waals surface area contributed by atoms with Gasteiger partial charge in [-0.05, 0) is 0 Å². The highest BCUT2D eigenvalue weighted by molar-refractivity contribution is 8.13. The predicted octanol–water partition coefficient (Wildman–Crippen LogP) is 0.910. The van der Waals surface area contributed by atoms with E-state index in [4.69, 9.17) is 0 Å². The second-order valence-electron chi connectivity index (χ2n) is 2.08. The molecule has 10 heavy (non-hydrogen) atoms. The first-order valence-electron chi connectivity index (χ1n) is 3.18. The normalized spacial score (nSPS) is 21.0. The van der Waals surface area contributed by atoms with E-state index >= 15 is 0 Å². The number of nitrogens with zero attached hydrogens (tertiary/aromatic N) is 1. The van der Waals surface area contributed by atoms with Crippen LogP contribution in [0, 0.1) is 6.54 Å². The molecule has 0 aliphatic carbocycles. The Kier molecular flexibility index (Phi) is 2.96. The standard InChI is InChI=1S/C7H10NOS/c1-2-3-8-4-5-10-7(9)6-8/h2-3H,1,4-6H2.